The monoisotopic (exact) mass is 438 g/mol. The van der Waals surface area contributed by atoms with E-state index in [-0.39, 0.29) is 9.75 Å². The van der Waals surface area contributed by atoms with Gasteiger partial charge in [-0.2, -0.15) is 0 Å². The molecule has 0 fully saturated rings. The molecule has 0 saturated heterocycles. The Balaban J connectivity index is 4.25. The zero-order chi connectivity index (χ0) is 10.9. The molecule has 0 aliphatic carbocycles. The van der Waals surface area contributed by atoms with Gasteiger partial charge in [-0.1, -0.05) is 0 Å². The summed E-state index contributed by atoms with van der Waals surface area (Å²) in [5.74, 6) is 0. The Hall–Kier alpha value is 3.30. The zero-order valence-electron chi connectivity index (χ0n) is 5.94. The Morgan fingerprint density at radius 1 is 0.692 bits per heavy atom. The fourth-order valence-electron chi connectivity index (χ4n) is 0.649. The van der Waals surface area contributed by atoms with Gasteiger partial charge < -0.3 is 0 Å². The van der Waals surface area contributed by atoms with Crippen LogP contribution in [0.4, 0.5) is 0 Å². The molecule has 0 spiro atoms. The van der Waals surface area contributed by atoms with Crippen molar-refractivity contribution in [3.63, 3.8) is 0 Å². The molecule has 0 rings (SSSR count). The van der Waals surface area contributed by atoms with E-state index in [0.29, 0.717) is 0 Å². The molecule has 0 aromatic rings. The van der Waals surface area contributed by atoms with Crippen molar-refractivity contribution in [2.24, 2.45) is 0 Å². The zero-order valence-corrected chi connectivity index (χ0v) is 16.1. The molecule has 0 nitrogen and oxygen atoms in total. The number of halogens is 8. The molecular weight excluding hydrogens is 436 g/mol. The Labute approximate surface area is 118 Å². The second-order valence-corrected chi connectivity index (χ2v) is 37.3. The van der Waals surface area contributed by atoms with E-state index in [2.05, 4.69) is 0 Å². The molecule has 0 bridgehead atoms. The Bertz CT molecular complexity index is 152. The summed E-state index contributed by atoms with van der Waals surface area (Å²) in [7, 11) is 12.0. The van der Waals surface area contributed by atoms with E-state index in [1.165, 1.54) is 0 Å². The van der Waals surface area contributed by atoms with E-state index in [9.17, 15) is 0 Å². The van der Waals surface area contributed by atoms with Crippen molar-refractivity contribution in [1.82, 2.24) is 0 Å². The fourth-order valence-corrected chi connectivity index (χ4v) is 58.7. The van der Waals surface area contributed by atoms with Crippen molar-refractivity contribution in [2.75, 3.05) is 0 Å². The Morgan fingerprint density at radius 3 is 1.08 bits per heavy atom. The van der Waals surface area contributed by atoms with E-state index < -0.39 is 23.4 Å². The summed E-state index contributed by atoms with van der Waals surface area (Å²) in [6.45, 7) is 0. The molecule has 0 atom stereocenters. The number of hydrogen-bond acceptors (Lipinski definition) is 0. The van der Waals surface area contributed by atoms with E-state index >= 15 is 0 Å². The van der Waals surface area contributed by atoms with Crippen LogP contribution in [0.5, 0.6) is 0 Å². The Kier molecular flexibility index (Phi) is 7.22. The maximum atomic E-state index is 6.02. The van der Waals surface area contributed by atoms with Crippen LogP contribution in [0.2, 0.25) is 9.75 Å². The van der Waals surface area contributed by atoms with Crippen LogP contribution in [-0.4, -0.2) is 23.4 Å². The molecule has 0 aromatic carbocycles. The summed E-state index contributed by atoms with van der Waals surface area (Å²) in [5, 5.41) is 0. The van der Waals surface area contributed by atoms with E-state index in [4.69, 9.17) is 86.5 Å². The summed E-state index contributed by atoms with van der Waals surface area (Å²) in [6, 6.07) is -5.62. The van der Waals surface area contributed by atoms with Crippen LogP contribution in [0.25, 0.3) is 0 Å². The van der Waals surface area contributed by atoms with Gasteiger partial charge in [0.05, 0.1) is 0 Å². The van der Waals surface area contributed by atoms with Crippen LogP contribution < -0.4 is 0 Å². The summed E-state index contributed by atoms with van der Waals surface area (Å²) in [5.41, 5.74) is 0. The van der Waals surface area contributed by atoms with Gasteiger partial charge in [0, 0.05) is 0 Å². The third-order valence-corrected chi connectivity index (χ3v) is 35.1. The van der Waals surface area contributed by atoms with Crippen molar-refractivity contribution in [3.05, 3.63) is 0 Å². The van der Waals surface area contributed by atoms with Crippen LogP contribution in [0, 0.1) is 0 Å². The first-order valence-corrected chi connectivity index (χ1v) is 21.9. The molecule has 0 saturated carbocycles. The second kappa shape index (κ2) is 5.76. The van der Waals surface area contributed by atoms with Gasteiger partial charge in [0.25, 0.3) is 0 Å². The summed E-state index contributed by atoms with van der Waals surface area (Å²) >= 11 is 30.9. The Morgan fingerprint density at radius 2 is 0.923 bits per heavy atom. The van der Waals surface area contributed by atoms with Gasteiger partial charge in [-0.3, -0.25) is 0 Å². The first kappa shape index (κ1) is 16.3. The van der Waals surface area contributed by atoms with Gasteiger partial charge in [0.1, 0.15) is 0 Å². The molecule has 0 amide bonds. The summed E-state index contributed by atoms with van der Waals surface area (Å²) < 4.78 is 0. The van der Waals surface area contributed by atoms with Crippen molar-refractivity contribution in [2.45, 2.75) is 9.75 Å². The first-order valence-electron chi connectivity index (χ1n) is 2.93. The van der Waals surface area contributed by atoms with E-state index in [1.54, 1.807) is 0 Å². The molecule has 11 heteroatoms. The third-order valence-electron chi connectivity index (χ3n) is 0.918. The standard InChI is InChI=1S/C2H4Cl8GeSi2/c3-11(4,1-12(5,6)7)2-13(8,9)10/h1-2H2. The second-order valence-electron chi connectivity index (χ2n) is 2.44. The van der Waals surface area contributed by atoms with Gasteiger partial charge in [0.2, 0.25) is 0 Å². The fraction of sp³-hybridized carbons (Fsp3) is 1.00. The predicted molar refractivity (Wildman–Crippen MR) is 73.7 cm³/mol. The third kappa shape index (κ3) is 11.6. The molecule has 0 radical (unpaired) electrons. The molecule has 0 aromatic heterocycles. The molecule has 0 unspecified atom stereocenters. The SMILES string of the molecule is Cl[Si](Cl)(Cl)[CH2][Ge]([Cl])([Cl])[CH2][Si](Cl)(Cl)Cl. The van der Waals surface area contributed by atoms with E-state index in [0.717, 1.165) is 0 Å². The minimum absolute atomic E-state index is 0.238. The molecule has 0 aliphatic rings. The average Bonchev–Trinajstić information content (AvgIpc) is 1.43. The molecule has 80 valence electrons. The predicted octanol–water partition coefficient (Wildman–Crippen LogP) is 5.30. The van der Waals surface area contributed by atoms with Gasteiger partial charge in [-0.15, -0.1) is 0 Å². The summed E-state index contributed by atoms with van der Waals surface area (Å²) in [6.07, 6.45) is 0. The molecular formula is C2H4Cl8GeSi2. The van der Waals surface area contributed by atoms with Crippen LogP contribution in [-0.2, 0) is 0 Å². The average molecular weight is 440 g/mol. The number of rotatable bonds is 4. The van der Waals surface area contributed by atoms with Crippen molar-refractivity contribution in [1.29, 1.82) is 0 Å². The molecule has 0 heterocycles. The van der Waals surface area contributed by atoms with Gasteiger partial charge in [-0.25, -0.2) is 0 Å². The van der Waals surface area contributed by atoms with Gasteiger partial charge in [-0.05, 0) is 0 Å². The molecule has 13 heavy (non-hydrogen) atoms. The van der Waals surface area contributed by atoms with Crippen molar-refractivity contribution in [3.8, 4) is 0 Å². The minimum atomic E-state index is -3.20. The van der Waals surface area contributed by atoms with Gasteiger partial charge >= 0.3 is 120 Å². The maximum absolute atomic E-state index is 6.02. The van der Waals surface area contributed by atoms with Gasteiger partial charge in [0.15, 0.2) is 0 Å². The van der Waals surface area contributed by atoms with Crippen LogP contribution in [0.15, 0.2) is 0 Å². The molecule has 0 aliphatic heterocycles. The normalized spacial score (nSPS) is 14.8. The first-order chi connectivity index (χ1) is 5.41. The number of hydrogen-bond donors (Lipinski definition) is 0. The van der Waals surface area contributed by atoms with Crippen molar-refractivity contribution >= 4 is 110 Å². The summed E-state index contributed by atoms with van der Waals surface area (Å²) in [4.78, 5) is 0.476. The van der Waals surface area contributed by atoms with Crippen LogP contribution >= 0.6 is 86.5 Å². The van der Waals surface area contributed by atoms with Crippen LogP contribution in [0.3, 0.4) is 0 Å². The van der Waals surface area contributed by atoms with Crippen LogP contribution in [0.1, 0.15) is 0 Å². The quantitative estimate of drug-likeness (QED) is 0.411. The van der Waals surface area contributed by atoms with Crippen molar-refractivity contribution < 1.29 is 0 Å². The topological polar surface area (TPSA) is 0 Å². The molecule has 0 N–H and O–H groups in total. The van der Waals surface area contributed by atoms with E-state index in [1.807, 2.05) is 0 Å².